The molecule has 2 aliphatic carbocycles. The molecule has 0 unspecified atom stereocenters. The maximum Gasteiger partial charge on any atom is 0.0122 e. The van der Waals surface area contributed by atoms with E-state index < -0.39 is 0 Å². The van der Waals surface area contributed by atoms with Crippen LogP contribution in [0, 0.1) is 11.8 Å². The molecule has 2 fully saturated rings. The van der Waals surface area contributed by atoms with Crippen molar-refractivity contribution in [1.29, 1.82) is 0 Å². The summed E-state index contributed by atoms with van der Waals surface area (Å²) in [4.78, 5) is 5.54. The lowest BCUT2D eigenvalue weighted by atomic mass is 9.84. The zero-order valence-corrected chi connectivity index (χ0v) is 13.3. The lowest BCUT2D eigenvalue weighted by Gasteiger charge is -2.44. The second-order valence-electron chi connectivity index (χ2n) is 7.32. The average molecular weight is 276 g/mol. The van der Waals surface area contributed by atoms with E-state index in [0.29, 0.717) is 0 Å². The molecule has 1 aliphatic heterocycles. The molecule has 0 radical (unpaired) electrons. The van der Waals surface area contributed by atoms with Crippen LogP contribution < -0.4 is 0 Å². The van der Waals surface area contributed by atoms with Crippen molar-refractivity contribution in [2.45, 2.75) is 57.9 Å². The molecule has 1 saturated carbocycles. The van der Waals surface area contributed by atoms with Crippen molar-refractivity contribution in [3.8, 4) is 0 Å². The highest BCUT2D eigenvalue weighted by atomic mass is 15.3. The van der Waals surface area contributed by atoms with Crippen molar-refractivity contribution in [2.24, 2.45) is 11.8 Å². The Balaban J connectivity index is 1.43. The van der Waals surface area contributed by atoms with E-state index in [9.17, 15) is 0 Å². The number of nitrogens with zero attached hydrogens (tertiary/aromatic N) is 2. The molecule has 20 heavy (non-hydrogen) atoms. The highest BCUT2D eigenvalue weighted by Crippen LogP contribution is 2.29. The van der Waals surface area contributed by atoms with E-state index >= 15 is 0 Å². The summed E-state index contributed by atoms with van der Waals surface area (Å²) in [7, 11) is 0. The van der Waals surface area contributed by atoms with E-state index in [1.54, 1.807) is 0 Å². The van der Waals surface area contributed by atoms with Gasteiger partial charge in [-0.1, -0.05) is 31.9 Å². The van der Waals surface area contributed by atoms with Gasteiger partial charge in [-0.05, 0) is 43.9 Å². The summed E-state index contributed by atoms with van der Waals surface area (Å²) in [5, 5.41) is 0. The fourth-order valence-corrected chi connectivity index (χ4v) is 4.50. The first kappa shape index (κ1) is 14.6. The van der Waals surface area contributed by atoms with E-state index in [4.69, 9.17) is 0 Å². The SMILES string of the molecule is C[C@H]1CCCC[C@H]1N1CCN(C[C@@H]2CC=CCC2)CC1. The molecule has 0 bridgehead atoms. The lowest BCUT2D eigenvalue weighted by Crippen LogP contribution is -2.53. The first-order valence-corrected chi connectivity index (χ1v) is 8.94. The Bertz CT molecular complexity index is 317. The van der Waals surface area contributed by atoms with Crippen molar-refractivity contribution >= 4 is 0 Å². The van der Waals surface area contributed by atoms with Gasteiger partial charge in [0.1, 0.15) is 0 Å². The van der Waals surface area contributed by atoms with Gasteiger partial charge in [-0.25, -0.2) is 0 Å². The van der Waals surface area contributed by atoms with Crippen LogP contribution in [-0.4, -0.2) is 48.6 Å². The van der Waals surface area contributed by atoms with Crippen LogP contribution in [0.15, 0.2) is 12.2 Å². The maximum atomic E-state index is 2.81. The molecule has 114 valence electrons. The van der Waals surface area contributed by atoms with Crippen LogP contribution in [-0.2, 0) is 0 Å². The summed E-state index contributed by atoms with van der Waals surface area (Å²) in [6, 6.07) is 0.892. The largest absolute Gasteiger partial charge is 0.301 e. The average Bonchev–Trinajstić information content (AvgIpc) is 2.50. The normalized spacial score (nSPS) is 37.1. The molecule has 3 atom stereocenters. The van der Waals surface area contributed by atoms with E-state index in [1.165, 1.54) is 77.7 Å². The van der Waals surface area contributed by atoms with Crippen LogP contribution >= 0.6 is 0 Å². The number of rotatable bonds is 3. The molecule has 0 aromatic heterocycles. The maximum absolute atomic E-state index is 2.81. The third-order valence-corrected chi connectivity index (χ3v) is 5.84. The zero-order chi connectivity index (χ0) is 13.8. The predicted molar refractivity (Wildman–Crippen MR) is 85.9 cm³/mol. The van der Waals surface area contributed by atoms with E-state index in [1.807, 2.05) is 0 Å². The van der Waals surface area contributed by atoms with E-state index in [0.717, 1.165) is 17.9 Å². The fourth-order valence-electron chi connectivity index (χ4n) is 4.50. The standard InChI is InChI=1S/C18H32N2/c1-16-7-5-6-10-18(16)20-13-11-19(12-14-20)15-17-8-3-2-4-9-17/h2-3,16-18H,4-15H2,1H3/t16-,17+,18+/m0/s1. The minimum Gasteiger partial charge on any atom is -0.301 e. The number of allylic oxidation sites excluding steroid dienone is 2. The Morgan fingerprint density at radius 2 is 1.75 bits per heavy atom. The van der Waals surface area contributed by atoms with Gasteiger partial charge in [0.15, 0.2) is 0 Å². The van der Waals surface area contributed by atoms with Gasteiger partial charge in [0.25, 0.3) is 0 Å². The summed E-state index contributed by atoms with van der Waals surface area (Å²) in [5.41, 5.74) is 0. The van der Waals surface area contributed by atoms with Gasteiger partial charge in [0, 0.05) is 38.8 Å². The van der Waals surface area contributed by atoms with Gasteiger partial charge in [-0.3, -0.25) is 4.90 Å². The van der Waals surface area contributed by atoms with Crippen LogP contribution in [0.25, 0.3) is 0 Å². The van der Waals surface area contributed by atoms with Gasteiger partial charge < -0.3 is 4.90 Å². The predicted octanol–water partition coefficient (Wildman–Crippen LogP) is 3.54. The summed E-state index contributed by atoms with van der Waals surface area (Å²) in [6.45, 7) is 9.07. The third kappa shape index (κ3) is 3.65. The Kier molecular flexibility index (Phi) is 5.17. The Labute approximate surface area is 125 Å². The molecule has 2 nitrogen and oxygen atoms in total. The molecule has 1 heterocycles. The Morgan fingerprint density at radius 3 is 2.45 bits per heavy atom. The molecule has 1 saturated heterocycles. The molecule has 0 amide bonds. The van der Waals surface area contributed by atoms with Crippen LogP contribution in [0.1, 0.15) is 51.9 Å². The number of hydrogen-bond acceptors (Lipinski definition) is 2. The van der Waals surface area contributed by atoms with E-state index in [-0.39, 0.29) is 0 Å². The topological polar surface area (TPSA) is 6.48 Å². The Hall–Kier alpha value is -0.340. The van der Waals surface area contributed by atoms with E-state index in [2.05, 4.69) is 28.9 Å². The molecule has 0 aromatic carbocycles. The second kappa shape index (κ2) is 7.09. The van der Waals surface area contributed by atoms with Crippen molar-refractivity contribution in [2.75, 3.05) is 32.7 Å². The summed E-state index contributed by atoms with van der Waals surface area (Å²) in [6.07, 6.45) is 14.6. The number of hydrogen-bond donors (Lipinski definition) is 0. The van der Waals surface area contributed by atoms with Crippen molar-refractivity contribution in [3.63, 3.8) is 0 Å². The van der Waals surface area contributed by atoms with Crippen LogP contribution in [0.5, 0.6) is 0 Å². The zero-order valence-electron chi connectivity index (χ0n) is 13.3. The summed E-state index contributed by atoms with van der Waals surface area (Å²) >= 11 is 0. The highest BCUT2D eigenvalue weighted by molar-refractivity contribution is 4.92. The molecule has 2 heteroatoms. The van der Waals surface area contributed by atoms with Crippen molar-refractivity contribution in [1.82, 2.24) is 9.80 Å². The monoisotopic (exact) mass is 276 g/mol. The third-order valence-electron chi connectivity index (χ3n) is 5.84. The first-order valence-electron chi connectivity index (χ1n) is 8.94. The van der Waals surface area contributed by atoms with Crippen LogP contribution in [0.4, 0.5) is 0 Å². The second-order valence-corrected chi connectivity index (χ2v) is 7.32. The minimum absolute atomic E-state index is 0.892. The van der Waals surface area contributed by atoms with Crippen molar-refractivity contribution < 1.29 is 0 Å². The highest BCUT2D eigenvalue weighted by Gasteiger charge is 2.29. The fraction of sp³-hybridized carbons (Fsp3) is 0.889. The molecule has 0 N–H and O–H groups in total. The quantitative estimate of drug-likeness (QED) is 0.728. The van der Waals surface area contributed by atoms with Crippen LogP contribution in [0.3, 0.4) is 0 Å². The molecular weight excluding hydrogens is 244 g/mol. The summed E-state index contributed by atoms with van der Waals surface area (Å²) in [5.74, 6) is 1.86. The molecule has 0 spiro atoms. The van der Waals surface area contributed by atoms with Crippen molar-refractivity contribution in [3.05, 3.63) is 12.2 Å². The molecule has 0 aromatic rings. The smallest absolute Gasteiger partial charge is 0.0122 e. The number of piperazine rings is 1. The van der Waals surface area contributed by atoms with Gasteiger partial charge in [0.2, 0.25) is 0 Å². The van der Waals surface area contributed by atoms with Gasteiger partial charge in [0.05, 0.1) is 0 Å². The van der Waals surface area contributed by atoms with Gasteiger partial charge in [-0.15, -0.1) is 0 Å². The molecule has 3 aliphatic rings. The first-order chi connectivity index (χ1) is 9.83. The Morgan fingerprint density at radius 1 is 0.950 bits per heavy atom. The lowest BCUT2D eigenvalue weighted by molar-refractivity contribution is 0.0481. The summed E-state index contributed by atoms with van der Waals surface area (Å²) < 4.78 is 0. The van der Waals surface area contributed by atoms with Crippen LogP contribution in [0.2, 0.25) is 0 Å². The molecular formula is C18H32N2. The van der Waals surface area contributed by atoms with Gasteiger partial charge >= 0.3 is 0 Å². The minimum atomic E-state index is 0.892. The van der Waals surface area contributed by atoms with Gasteiger partial charge in [-0.2, -0.15) is 0 Å². The molecule has 3 rings (SSSR count).